The molecule has 0 saturated heterocycles. The minimum atomic E-state index is -3.69. The van der Waals surface area contributed by atoms with Crippen LogP contribution < -0.4 is 10.3 Å². The van der Waals surface area contributed by atoms with Crippen molar-refractivity contribution in [1.82, 2.24) is 14.4 Å². The van der Waals surface area contributed by atoms with E-state index < -0.39 is 10.0 Å². The summed E-state index contributed by atoms with van der Waals surface area (Å²) in [4.78, 5) is 11.3. The van der Waals surface area contributed by atoms with Gasteiger partial charge in [0, 0.05) is 25.9 Å². The maximum Gasteiger partial charge on any atom is 0.250 e. The Hall–Kier alpha value is -1.93. The van der Waals surface area contributed by atoms with Crippen LogP contribution in [0.2, 0.25) is 0 Å². The fourth-order valence-electron chi connectivity index (χ4n) is 1.86. The van der Waals surface area contributed by atoms with Gasteiger partial charge in [-0.25, -0.2) is 13.1 Å². The van der Waals surface area contributed by atoms with Gasteiger partial charge in [0.05, 0.1) is 0 Å². The van der Waals surface area contributed by atoms with Crippen molar-refractivity contribution in [2.24, 2.45) is 7.05 Å². The number of aryl methyl sites for hydroxylation is 3. The highest BCUT2D eigenvalue weighted by Gasteiger charge is 2.23. The van der Waals surface area contributed by atoms with E-state index in [1.54, 1.807) is 33.2 Å². The zero-order valence-corrected chi connectivity index (χ0v) is 12.2. The first-order valence-corrected chi connectivity index (χ1v) is 7.37. The molecule has 0 aliphatic carbocycles. The normalized spacial score (nSPS) is 11.8. The number of sulfonamides is 1. The summed E-state index contributed by atoms with van der Waals surface area (Å²) in [6.07, 6.45) is 1.58. The van der Waals surface area contributed by atoms with Gasteiger partial charge in [0.2, 0.25) is 15.6 Å². The van der Waals surface area contributed by atoms with E-state index in [-0.39, 0.29) is 22.8 Å². The molecular formula is C12H15N3O4S. The molecule has 2 rings (SSSR count). The lowest BCUT2D eigenvalue weighted by Crippen LogP contribution is -2.25. The molecule has 8 heteroatoms. The highest BCUT2D eigenvalue weighted by atomic mass is 32.2. The summed E-state index contributed by atoms with van der Waals surface area (Å²) in [5.41, 5.74) is 0.847. The van der Waals surface area contributed by atoms with E-state index >= 15 is 0 Å². The fourth-order valence-corrected chi connectivity index (χ4v) is 3.21. The predicted molar refractivity (Wildman–Crippen MR) is 71.7 cm³/mol. The summed E-state index contributed by atoms with van der Waals surface area (Å²) in [6.45, 7) is 3.19. The molecule has 0 spiro atoms. The number of rotatable bonds is 4. The summed E-state index contributed by atoms with van der Waals surface area (Å²) in [6, 6.07) is 2.97. The van der Waals surface area contributed by atoms with Crippen molar-refractivity contribution < 1.29 is 12.9 Å². The number of nitrogens with one attached hydrogen (secondary N) is 1. The van der Waals surface area contributed by atoms with Crippen LogP contribution in [0.5, 0.6) is 0 Å². The van der Waals surface area contributed by atoms with E-state index in [9.17, 15) is 13.2 Å². The lowest BCUT2D eigenvalue weighted by Gasteiger charge is -2.07. The molecule has 0 radical (unpaired) electrons. The van der Waals surface area contributed by atoms with Gasteiger partial charge in [0.25, 0.3) is 0 Å². The number of hydrogen-bond acceptors (Lipinski definition) is 5. The van der Waals surface area contributed by atoms with Crippen molar-refractivity contribution in [2.75, 3.05) is 0 Å². The molecule has 0 fully saturated rings. The first kappa shape index (κ1) is 14.5. The van der Waals surface area contributed by atoms with E-state index in [4.69, 9.17) is 4.52 Å². The minimum absolute atomic E-state index is 0.0577. The van der Waals surface area contributed by atoms with Crippen LogP contribution in [-0.4, -0.2) is 18.1 Å². The van der Waals surface area contributed by atoms with Gasteiger partial charge in [0.1, 0.15) is 10.6 Å². The second-order valence-corrected chi connectivity index (χ2v) is 6.17. The van der Waals surface area contributed by atoms with Gasteiger partial charge >= 0.3 is 0 Å². The van der Waals surface area contributed by atoms with Crippen molar-refractivity contribution in [1.29, 1.82) is 0 Å². The molecule has 0 saturated carbocycles. The Kier molecular flexibility index (Phi) is 3.78. The molecular weight excluding hydrogens is 282 g/mol. The molecule has 1 N–H and O–H groups in total. The minimum Gasteiger partial charge on any atom is -0.360 e. The van der Waals surface area contributed by atoms with Gasteiger partial charge in [-0.15, -0.1) is 0 Å². The summed E-state index contributed by atoms with van der Waals surface area (Å²) in [5, 5.41) is 3.62. The summed E-state index contributed by atoms with van der Waals surface area (Å²) in [5.74, 6) is 0.246. The zero-order chi connectivity index (χ0) is 14.9. The van der Waals surface area contributed by atoms with Gasteiger partial charge < -0.3 is 9.09 Å². The quantitative estimate of drug-likeness (QED) is 0.885. The molecule has 2 aromatic rings. The highest BCUT2D eigenvalue weighted by Crippen LogP contribution is 2.18. The van der Waals surface area contributed by atoms with Crippen LogP contribution in [0.15, 0.2) is 32.5 Å². The average molecular weight is 297 g/mol. The Morgan fingerprint density at radius 2 is 2.05 bits per heavy atom. The lowest BCUT2D eigenvalue weighted by molar-refractivity contribution is 0.390. The van der Waals surface area contributed by atoms with Gasteiger partial charge in [-0.2, -0.15) is 0 Å². The van der Waals surface area contributed by atoms with Crippen molar-refractivity contribution in [3.05, 3.63) is 45.7 Å². The predicted octanol–water partition coefficient (Wildman–Crippen LogP) is 0.469. The molecule has 0 bridgehead atoms. The van der Waals surface area contributed by atoms with E-state index in [2.05, 4.69) is 9.88 Å². The summed E-state index contributed by atoms with van der Waals surface area (Å²) >= 11 is 0. The standard InChI is InChI=1S/C12H15N3O4S/c1-8-12(9(2)19-14-8)20(17,18)13-6-10-4-5-11(16)15(3)7-10/h4-5,7,13H,6H2,1-3H3. The second-order valence-electron chi connectivity index (χ2n) is 4.46. The molecule has 0 aliphatic rings. The van der Waals surface area contributed by atoms with Crippen LogP contribution in [0.4, 0.5) is 0 Å². The van der Waals surface area contributed by atoms with E-state index in [0.29, 0.717) is 11.3 Å². The fraction of sp³-hybridized carbons (Fsp3) is 0.333. The smallest absolute Gasteiger partial charge is 0.250 e. The highest BCUT2D eigenvalue weighted by molar-refractivity contribution is 7.89. The molecule has 108 valence electrons. The Morgan fingerprint density at radius 3 is 2.60 bits per heavy atom. The number of aromatic nitrogens is 2. The molecule has 0 unspecified atom stereocenters. The first-order valence-electron chi connectivity index (χ1n) is 5.89. The van der Waals surface area contributed by atoms with Crippen molar-refractivity contribution >= 4 is 10.0 Å². The van der Waals surface area contributed by atoms with Crippen molar-refractivity contribution in [3.63, 3.8) is 0 Å². The second kappa shape index (κ2) is 5.22. The third-order valence-corrected chi connectivity index (χ3v) is 4.49. The molecule has 0 atom stereocenters. The van der Waals surface area contributed by atoms with Gasteiger partial charge in [-0.3, -0.25) is 4.79 Å². The Morgan fingerprint density at radius 1 is 1.35 bits per heavy atom. The van der Waals surface area contributed by atoms with E-state index in [0.717, 1.165) is 0 Å². The summed E-state index contributed by atoms with van der Waals surface area (Å²) < 4.78 is 33.1. The average Bonchev–Trinajstić information content (AvgIpc) is 2.71. The molecule has 20 heavy (non-hydrogen) atoms. The Bertz CT molecular complexity index is 770. The molecule has 7 nitrogen and oxygen atoms in total. The Labute approximate surface area is 116 Å². The van der Waals surface area contributed by atoms with Crippen LogP contribution >= 0.6 is 0 Å². The van der Waals surface area contributed by atoms with Crippen LogP contribution in [0.3, 0.4) is 0 Å². The molecule has 2 heterocycles. The van der Waals surface area contributed by atoms with Crippen LogP contribution in [0.1, 0.15) is 17.0 Å². The number of nitrogens with zero attached hydrogens (tertiary/aromatic N) is 2. The van der Waals surface area contributed by atoms with Gasteiger partial charge in [-0.05, 0) is 19.4 Å². The lowest BCUT2D eigenvalue weighted by atomic mass is 10.3. The maximum atomic E-state index is 12.2. The SMILES string of the molecule is Cc1noc(C)c1S(=O)(=O)NCc1ccc(=O)n(C)c1. The zero-order valence-electron chi connectivity index (χ0n) is 11.4. The Balaban J connectivity index is 2.22. The van der Waals surface area contributed by atoms with E-state index in [1.807, 2.05) is 0 Å². The monoisotopic (exact) mass is 297 g/mol. The van der Waals surface area contributed by atoms with Gasteiger partial charge in [0.15, 0.2) is 5.76 Å². The molecule has 2 aromatic heterocycles. The summed E-state index contributed by atoms with van der Waals surface area (Å²) in [7, 11) is -2.09. The maximum absolute atomic E-state index is 12.2. The first-order chi connectivity index (χ1) is 9.31. The molecule has 0 aromatic carbocycles. The largest absolute Gasteiger partial charge is 0.360 e. The molecule has 0 amide bonds. The number of pyridine rings is 1. The molecule has 0 aliphatic heterocycles. The van der Waals surface area contributed by atoms with Crippen LogP contribution in [0.25, 0.3) is 0 Å². The van der Waals surface area contributed by atoms with Crippen molar-refractivity contribution in [3.8, 4) is 0 Å². The topological polar surface area (TPSA) is 94.2 Å². The van der Waals surface area contributed by atoms with E-state index in [1.165, 1.54) is 10.6 Å². The third-order valence-electron chi connectivity index (χ3n) is 2.85. The van der Waals surface area contributed by atoms with Gasteiger partial charge in [-0.1, -0.05) is 11.2 Å². The third kappa shape index (κ3) is 2.81. The van der Waals surface area contributed by atoms with Crippen molar-refractivity contribution in [2.45, 2.75) is 25.3 Å². The van der Waals surface area contributed by atoms with Crippen LogP contribution in [0, 0.1) is 13.8 Å². The van der Waals surface area contributed by atoms with Crippen LogP contribution in [-0.2, 0) is 23.6 Å². The number of hydrogen-bond donors (Lipinski definition) is 1.